The first-order valence-electron chi connectivity index (χ1n) is 8.25. The van der Waals surface area contributed by atoms with Gasteiger partial charge in [-0.2, -0.15) is 5.10 Å². The fourth-order valence-electron chi connectivity index (χ4n) is 2.50. The van der Waals surface area contributed by atoms with Gasteiger partial charge in [0.25, 0.3) is 5.91 Å². The number of carboxylic acid groups (broad SMARTS) is 1. The van der Waals surface area contributed by atoms with Crippen molar-refractivity contribution in [1.82, 2.24) is 21.0 Å². The lowest BCUT2D eigenvalue weighted by atomic mass is 9.80. The third-order valence-electron chi connectivity index (χ3n) is 4.23. The maximum absolute atomic E-state index is 12.1. The summed E-state index contributed by atoms with van der Waals surface area (Å²) in [5, 5.41) is 15.6. The molecule has 8 nitrogen and oxygen atoms in total. The summed E-state index contributed by atoms with van der Waals surface area (Å²) in [6.45, 7) is 3.55. The van der Waals surface area contributed by atoms with Crippen molar-refractivity contribution in [3.05, 3.63) is 42.1 Å². The predicted molar refractivity (Wildman–Crippen MR) is 94.9 cm³/mol. The van der Waals surface area contributed by atoms with Gasteiger partial charge in [-0.3, -0.25) is 30.3 Å². The van der Waals surface area contributed by atoms with Gasteiger partial charge in [0.2, 0.25) is 5.91 Å². The second-order valence-electron chi connectivity index (χ2n) is 6.45. The minimum atomic E-state index is -0.961. The highest BCUT2D eigenvalue weighted by Gasteiger charge is 2.28. The summed E-state index contributed by atoms with van der Waals surface area (Å²) >= 11 is 0. The number of rotatable bonds is 7. The molecule has 0 aliphatic carbocycles. The van der Waals surface area contributed by atoms with Crippen molar-refractivity contribution in [2.75, 3.05) is 0 Å². The van der Waals surface area contributed by atoms with Crippen LogP contribution in [0.3, 0.4) is 0 Å². The monoisotopic (exact) mass is 358 g/mol. The van der Waals surface area contributed by atoms with Gasteiger partial charge in [0, 0.05) is 12.0 Å². The molecule has 2 rings (SSSR count). The number of amides is 2. The Balaban J connectivity index is 1.91. The zero-order chi connectivity index (χ0) is 19.2. The van der Waals surface area contributed by atoms with Gasteiger partial charge in [0.1, 0.15) is 5.69 Å². The molecule has 0 saturated carbocycles. The number of aromatic amines is 1. The van der Waals surface area contributed by atoms with E-state index in [1.165, 1.54) is 0 Å². The summed E-state index contributed by atoms with van der Waals surface area (Å²) in [6, 6.07) is 10.9. The second kappa shape index (κ2) is 8.28. The molecular formula is C18H22N4O4. The van der Waals surface area contributed by atoms with Crippen LogP contribution < -0.4 is 10.9 Å². The number of carbonyl (C=O) groups is 3. The molecule has 0 aliphatic heterocycles. The smallest absolute Gasteiger partial charge is 0.303 e. The number of aromatic nitrogens is 2. The molecule has 1 atom stereocenters. The summed E-state index contributed by atoms with van der Waals surface area (Å²) in [6.07, 6.45) is 0.405. The number of benzene rings is 1. The fraction of sp³-hybridized carbons (Fsp3) is 0.333. The van der Waals surface area contributed by atoms with Crippen molar-refractivity contribution in [2.45, 2.75) is 33.1 Å². The lowest BCUT2D eigenvalue weighted by molar-refractivity contribution is -0.140. The van der Waals surface area contributed by atoms with Crippen LogP contribution in [0.25, 0.3) is 11.3 Å². The van der Waals surface area contributed by atoms with Gasteiger partial charge in [-0.15, -0.1) is 0 Å². The van der Waals surface area contributed by atoms with E-state index in [9.17, 15) is 14.4 Å². The van der Waals surface area contributed by atoms with Crippen LogP contribution in [0.2, 0.25) is 0 Å². The van der Waals surface area contributed by atoms with Gasteiger partial charge >= 0.3 is 5.97 Å². The Morgan fingerprint density at radius 2 is 1.85 bits per heavy atom. The molecule has 0 radical (unpaired) electrons. The Bertz CT molecular complexity index is 787. The number of H-pyrrole nitrogens is 1. The first kappa shape index (κ1) is 19.2. The highest BCUT2D eigenvalue weighted by molar-refractivity contribution is 5.94. The predicted octanol–water partition coefficient (Wildman–Crippen LogP) is 2.12. The molecule has 1 aromatic carbocycles. The largest absolute Gasteiger partial charge is 0.481 e. The van der Waals surface area contributed by atoms with Gasteiger partial charge < -0.3 is 5.11 Å². The number of carboxylic acids is 1. The quantitative estimate of drug-likeness (QED) is 0.564. The molecule has 0 saturated heterocycles. The van der Waals surface area contributed by atoms with E-state index >= 15 is 0 Å². The Morgan fingerprint density at radius 3 is 2.46 bits per heavy atom. The van der Waals surface area contributed by atoms with E-state index in [2.05, 4.69) is 21.0 Å². The molecule has 26 heavy (non-hydrogen) atoms. The summed E-state index contributed by atoms with van der Waals surface area (Å²) in [5.41, 5.74) is 5.62. The Labute approximate surface area is 151 Å². The van der Waals surface area contributed by atoms with E-state index in [0.29, 0.717) is 12.1 Å². The van der Waals surface area contributed by atoms with Crippen LogP contribution in [0.15, 0.2) is 36.4 Å². The van der Waals surface area contributed by atoms with Crippen molar-refractivity contribution in [2.24, 2.45) is 5.41 Å². The second-order valence-corrected chi connectivity index (χ2v) is 6.45. The fourth-order valence-corrected chi connectivity index (χ4v) is 2.50. The zero-order valence-electron chi connectivity index (χ0n) is 14.7. The van der Waals surface area contributed by atoms with E-state index in [1.807, 2.05) is 37.3 Å². The number of nitrogens with zero attached hydrogens (tertiary/aromatic N) is 1. The number of aliphatic carboxylic acids is 1. The summed E-state index contributed by atoms with van der Waals surface area (Å²) < 4.78 is 0. The Kier molecular flexibility index (Phi) is 6.11. The first-order chi connectivity index (χ1) is 12.3. The van der Waals surface area contributed by atoms with Gasteiger partial charge in [-0.1, -0.05) is 44.2 Å². The summed E-state index contributed by atoms with van der Waals surface area (Å²) in [7, 11) is 0. The van der Waals surface area contributed by atoms with E-state index in [4.69, 9.17) is 5.11 Å². The van der Waals surface area contributed by atoms with E-state index < -0.39 is 23.2 Å². The van der Waals surface area contributed by atoms with Crippen molar-refractivity contribution in [1.29, 1.82) is 0 Å². The Morgan fingerprint density at radius 1 is 1.15 bits per heavy atom. The molecule has 0 unspecified atom stereocenters. The highest BCUT2D eigenvalue weighted by Crippen LogP contribution is 2.29. The maximum Gasteiger partial charge on any atom is 0.303 e. The maximum atomic E-state index is 12.1. The molecule has 1 heterocycles. The minimum Gasteiger partial charge on any atom is -0.481 e. The van der Waals surface area contributed by atoms with Crippen LogP contribution in [-0.2, 0) is 9.59 Å². The number of hydrogen-bond donors (Lipinski definition) is 4. The van der Waals surface area contributed by atoms with Gasteiger partial charge in [-0.25, -0.2) is 0 Å². The molecule has 2 amide bonds. The molecule has 0 aliphatic rings. The van der Waals surface area contributed by atoms with Crippen LogP contribution in [0.5, 0.6) is 0 Å². The summed E-state index contributed by atoms with van der Waals surface area (Å²) in [4.78, 5) is 35.0. The van der Waals surface area contributed by atoms with Crippen LogP contribution in [0, 0.1) is 5.41 Å². The first-order valence-corrected chi connectivity index (χ1v) is 8.25. The average Bonchev–Trinajstić information content (AvgIpc) is 3.10. The number of hydrazine groups is 1. The van der Waals surface area contributed by atoms with Gasteiger partial charge in [-0.05, 0) is 17.9 Å². The topological polar surface area (TPSA) is 124 Å². The molecular weight excluding hydrogens is 336 g/mol. The number of carbonyl (C=O) groups excluding carboxylic acids is 2. The zero-order valence-corrected chi connectivity index (χ0v) is 14.7. The third kappa shape index (κ3) is 5.17. The molecule has 0 spiro atoms. The molecule has 4 N–H and O–H groups in total. The summed E-state index contributed by atoms with van der Waals surface area (Å²) in [5.74, 6) is -1.95. The SMILES string of the molecule is CC[C@@](C)(CC(=O)O)CC(=O)NNC(=O)c1cc(-c2ccccc2)n[nH]1. The normalized spacial score (nSPS) is 12.8. The van der Waals surface area contributed by atoms with Crippen molar-refractivity contribution >= 4 is 17.8 Å². The lowest BCUT2D eigenvalue weighted by Gasteiger charge is -2.25. The standard InChI is InChI=1S/C18H22N4O4/c1-3-18(2,11-16(24)25)10-15(23)21-22-17(26)14-9-13(19-20-14)12-7-5-4-6-8-12/h4-9H,3,10-11H2,1-2H3,(H,19,20)(H,21,23)(H,22,26)(H,24,25)/t18-/m1/s1. The van der Waals surface area contributed by atoms with Gasteiger partial charge in [0.05, 0.1) is 12.1 Å². The van der Waals surface area contributed by atoms with Crippen molar-refractivity contribution in [3.63, 3.8) is 0 Å². The molecule has 0 fully saturated rings. The Hall–Kier alpha value is -3.16. The van der Waals surface area contributed by atoms with E-state index in [1.54, 1.807) is 13.0 Å². The van der Waals surface area contributed by atoms with E-state index in [0.717, 1.165) is 5.56 Å². The van der Waals surface area contributed by atoms with Crippen molar-refractivity contribution < 1.29 is 19.5 Å². The molecule has 8 heteroatoms. The lowest BCUT2D eigenvalue weighted by Crippen LogP contribution is -2.43. The third-order valence-corrected chi connectivity index (χ3v) is 4.23. The molecule has 1 aromatic heterocycles. The number of nitrogens with one attached hydrogen (secondary N) is 3. The van der Waals surface area contributed by atoms with Crippen LogP contribution >= 0.6 is 0 Å². The molecule has 0 bridgehead atoms. The molecule has 2 aromatic rings. The minimum absolute atomic E-state index is 0.00563. The number of hydrogen-bond acceptors (Lipinski definition) is 4. The van der Waals surface area contributed by atoms with Crippen LogP contribution in [0.4, 0.5) is 0 Å². The van der Waals surface area contributed by atoms with Crippen LogP contribution in [-0.4, -0.2) is 33.1 Å². The molecule has 138 valence electrons. The van der Waals surface area contributed by atoms with E-state index in [-0.39, 0.29) is 18.5 Å². The highest BCUT2D eigenvalue weighted by atomic mass is 16.4. The van der Waals surface area contributed by atoms with Crippen molar-refractivity contribution in [3.8, 4) is 11.3 Å². The van der Waals surface area contributed by atoms with Crippen LogP contribution in [0.1, 0.15) is 43.6 Å². The van der Waals surface area contributed by atoms with Gasteiger partial charge in [0.15, 0.2) is 0 Å². The average molecular weight is 358 g/mol.